The van der Waals surface area contributed by atoms with Gasteiger partial charge in [0.2, 0.25) is 0 Å². The van der Waals surface area contributed by atoms with Crippen LogP contribution in [0.1, 0.15) is 69.4 Å². The van der Waals surface area contributed by atoms with Gasteiger partial charge in [-0.05, 0) is 43.5 Å². The molecular formula is C24H35O4P. The summed E-state index contributed by atoms with van der Waals surface area (Å²) in [5, 5.41) is 0. The van der Waals surface area contributed by atoms with Gasteiger partial charge in [0, 0.05) is 0 Å². The molecular weight excluding hydrogens is 383 g/mol. The zero-order valence-electron chi connectivity index (χ0n) is 18.1. The van der Waals surface area contributed by atoms with Gasteiger partial charge in [-0.2, -0.15) is 0 Å². The van der Waals surface area contributed by atoms with Gasteiger partial charge in [-0.15, -0.1) is 0 Å². The Morgan fingerprint density at radius 2 is 1.14 bits per heavy atom. The van der Waals surface area contributed by atoms with E-state index in [1.165, 1.54) is 38.5 Å². The Hall–Kier alpha value is -1.77. The maximum Gasteiger partial charge on any atom is 0.587 e. The van der Waals surface area contributed by atoms with Crippen molar-refractivity contribution < 1.29 is 18.1 Å². The molecule has 0 spiro atoms. The van der Waals surface area contributed by atoms with Gasteiger partial charge in [0.05, 0.1) is 6.61 Å². The summed E-state index contributed by atoms with van der Waals surface area (Å²) in [6, 6.07) is 14.9. The Morgan fingerprint density at radius 3 is 1.62 bits per heavy atom. The van der Waals surface area contributed by atoms with Crippen LogP contribution in [-0.2, 0) is 9.09 Å². The van der Waals surface area contributed by atoms with Crippen molar-refractivity contribution >= 4 is 7.82 Å². The standard InChI is InChI=1S/C24H35O4P/c1-4-5-6-7-8-9-10-15-20-26-29(25,27-23-18-13-11-16-21(23)2)28-24-19-14-12-17-22(24)3/h11-14,16-19H,4-10,15,20H2,1-3H3. The van der Waals surface area contributed by atoms with Crippen molar-refractivity contribution in [3.8, 4) is 11.5 Å². The first kappa shape index (κ1) is 23.5. The lowest BCUT2D eigenvalue weighted by Crippen LogP contribution is -2.07. The molecule has 0 N–H and O–H groups in total. The second-order valence-electron chi connectivity index (χ2n) is 7.47. The number of hydrogen-bond acceptors (Lipinski definition) is 4. The minimum atomic E-state index is -3.79. The first-order chi connectivity index (χ1) is 14.0. The molecule has 0 heterocycles. The van der Waals surface area contributed by atoms with Crippen molar-refractivity contribution in [3.05, 3.63) is 59.7 Å². The second kappa shape index (κ2) is 12.7. The minimum absolute atomic E-state index is 0.351. The summed E-state index contributed by atoms with van der Waals surface area (Å²) in [4.78, 5) is 0. The number of hydrogen-bond donors (Lipinski definition) is 0. The summed E-state index contributed by atoms with van der Waals surface area (Å²) < 4.78 is 30.7. The molecule has 0 amide bonds. The molecule has 5 heteroatoms. The largest absolute Gasteiger partial charge is 0.587 e. The number of unbranched alkanes of at least 4 members (excludes halogenated alkanes) is 7. The lowest BCUT2D eigenvalue weighted by molar-refractivity contribution is 0.204. The predicted octanol–water partition coefficient (Wildman–Crippen LogP) is 8.03. The Bertz CT molecular complexity index is 723. The SMILES string of the molecule is CCCCCCCCCCOP(=O)(Oc1ccccc1C)Oc1ccccc1C. The summed E-state index contributed by atoms with van der Waals surface area (Å²) in [5.74, 6) is 1.03. The Labute approximate surface area is 176 Å². The Morgan fingerprint density at radius 1 is 0.690 bits per heavy atom. The van der Waals surface area contributed by atoms with E-state index in [-0.39, 0.29) is 0 Å². The molecule has 0 unspecified atom stereocenters. The van der Waals surface area contributed by atoms with Gasteiger partial charge in [-0.25, -0.2) is 4.57 Å². The van der Waals surface area contributed by atoms with E-state index in [0.717, 1.165) is 24.0 Å². The molecule has 2 rings (SSSR count). The molecule has 0 aliphatic carbocycles. The second-order valence-corrected chi connectivity index (χ2v) is 8.99. The number of aryl methyl sites for hydroxylation is 2. The molecule has 0 saturated heterocycles. The van der Waals surface area contributed by atoms with E-state index in [4.69, 9.17) is 13.6 Å². The van der Waals surface area contributed by atoms with Crippen molar-refractivity contribution in [2.45, 2.75) is 72.1 Å². The molecule has 4 nitrogen and oxygen atoms in total. The first-order valence-electron chi connectivity index (χ1n) is 10.8. The highest BCUT2D eigenvalue weighted by Gasteiger charge is 2.31. The van der Waals surface area contributed by atoms with Gasteiger partial charge >= 0.3 is 7.82 Å². The molecule has 29 heavy (non-hydrogen) atoms. The molecule has 0 atom stereocenters. The third-order valence-corrected chi connectivity index (χ3v) is 6.19. The van der Waals surface area contributed by atoms with Gasteiger partial charge in [0.1, 0.15) is 11.5 Å². The van der Waals surface area contributed by atoms with Crippen LogP contribution in [-0.4, -0.2) is 6.61 Å². The fraction of sp³-hybridized carbons (Fsp3) is 0.500. The summed E-state index contributed by atoms with van der Waals surface area (Å²) in [7, 11) is -3.79. The van der Waals surface area contributed by atoms with Crippen molar-refractivity contribution in [3.63, 3.8) is 0 Å². The third kappa shape index (κ3) is 8.64. The van der Waals surface area contributed by atoms with E-state index in [2.05, 4.69) is 6.92 Å². The monoisotopic (exact) mass is 418 g/mol. The topological polar surface area (TPSA) is 44.8 Å². The summed E-state index contributed by atoms with van der Waals surface area (Å²) in [6.45, 7) is 6.40. The molecule has 0 saturated carbocycles. The average molecular weight is 419 g/mol. The van der Waals surface area contributed by atoms with Crippen LogP contribution < -0.4 is 9.05 Å². The smallest absolute Gasteiger partial charge is 0.395 e. The van der Waals surface area contributed by atoms with E-state index >= 15 is 0 Å². The van der Waals surface area contributed by atoms with Crippen LogP contribution in [0.25, 0.3) is 0 Å². The zero-order chi connectivity index (χ0) is 21.0. The van der Waals surface area contributed by atoms with E-state index < -0.39 is 7.82 Å². The van der Waals surface area contributed by atoms with Gasteiger partial charge in [-0.3, -0.25) is 4.52 Å². The van der Waals surface area contributed by atoms with Crippen molar-refractivity contribution in [1.82, 2.24) is 0 Å². The molecule has 0 aliphatic rings. The van der Waals surface area contributed by atoms with Gasteiger partial charge in [0.15, 0.2) is 0 Å². The minimum Gasteiger partial charge on any atom is -0.395 e. The van der Waals surface area contributed by atoms with Gasteiger partial charge in [0.25, 0.3) is 0 Å². The van der Waals surface area contributed by atoms with E-state index in [0.29, 0.717) is 18.1 Å². The lowest BCUT2D eigenvalue weighted by Gasteiger charge is -2.20. The lowest BCUT2D eigenvalue weighted by atomic mass is 10.1. The van der Waals surface area contributed by atoms with Crippen molar-refractivity contribution in [2.75, 3.05) is 6.61 Å². The molecule has 0 radical (unpaired) electrons. The molecule has 2 aromatic carbocycles. The Kier molecular flexibility index (Phi) is 10.3. The summed E-state index contributed by atoms with van der Waals surface area (Å²) in [5.41, 5.74) is 1.77. The van der Waals surface area contributed by atoms with Crippen LogP contribution >= 0.6 is 7.82 Å². The quantitative estimate of drug-likeness (QED) is 0.230. The van der Waals surface area contributed by atoms with Crippen LogP contribution in [0.2, 0.25) is 0 Å². The summed E-state index contributed by atoms with van der Waals surface area (Å²) >= 11 is 0. The van der Waals surface area contributed by atoms with Crippen LogP contribution in [0, 0.1) is 13.8 Å². The molecule has 0 fully saturated rings. The molecule has 0 bridgehead atoms. The maximum atomic E-state index is 13.4. The maximum absolute atomic E-state index is 13.4. The predicted molar refractivity (Wildman–Crippen MR) is 120 cm³/mol. The highest BCUT2D eigenvalue weighted by Crippen LogP contribution is 2.50. The van der Waals surface area contributed by atoms with Crippen molar-refractivity contribution in [1.29, 1.82) is 0 Å². The van der Waals surface area contributed by atoms with Crippen LogP contribution in [0.3, 0.4) is 0 Å². The van der Waals surface area contributed by atoms with E-state index in [9.17, 15) is 4.57 Å². The molecule has 0 aromatic heterocycles. The van der Waals surface area contributed by atoms with E-state index in [1.807, 2.05) is 50.2 Å². The fourth-order valence-electron chi connectivity index (χ4n) is 3.04. The summed E-state index contributed by atoms with van der Waals surface area (Å²) in [6.07, 6.45) is 9.51. The number of benzene rings is 2. The van der Waals surface area contributed by atoms with Crippen LogP contribution in [0.4, 0.5) is 0 Å². The number of phosphoric acid groups is 1. The van der Waals surface area contributed by atoms with Crippen LogP contribution in [0.15, 0.2) is 48.5 Å². The van der Waals surface area contributed by atoms with Crippen LogP contribution in [0.5, 0.6) is 11.5 Å². The average Bonchev–Trinajstić information content (AvgIpc) is 2.70. The fourth-order valence-corrected chi connectivity index (χ4v) is 4.43. The van der Waals surface area contributed by atoms with E-state index in [1.54, 1.807) is 12.1 Å². The molecule has 0 aliphatic heterocycles. The molecule has 160 valence electrons. The van der Waals surface area contributed by atoms with Gasteiger partial charge in [-0.1, -0.05) is 88.3 Å². The Balaban J connectivity index is 1.92. The number of rotatable bonds is 14. The zero-order valence-corrected chi connectivity index (χ0v) is 19.0. The number of para-hydroxylation sites is 2. The highest BCUT2D eigenvalue weighted by atomic mass is 31.2. The van der Waals surface area contributed by atoms with Gasteiger partial charge < -0.3 is 9.05 Å². The third-order valence-electron chi connectivity index (χ3n) is 4.85. The van der Waals surface area contributed by atoms with Crippen molar-refractivity contribution in [2.24, 2.45) is 0 Å². The first-order valence-corrected chi connectivity index (χ1v) is 12.2. The highest BCUT2D eigenvalue weighted by molar-refractivity contribution is 7.49. The molecule has 2 aromatic rings. The number of phosphoric ester groups is 1. The normalized spacial score (nSPS) is 11.4.